The molecule has 3 aromatic heterocycles. The molecular formula is C54H38N4. The van der Waals surface area contributed by atoms with E-state index >= 15 is 0 Å². The molecule has 11 rings (SSSR count). The van der Waals surface area contributed by atoms with Gasteiger partial charge in [-0.1, -0.05) is 145 Å². The second kappa shape index (κ2) is 13.6. The summed E-state index contributed by atoms with van der Waals surface area (Å²) in [7, 11) is 0. The molecule has 0 fully saturated rings. The SMILES string of the molecule is Cc1ccc2c(c1)c1ccccc1n2-c1ccccc1-c1cc(-c2cc(-c3ccccc3)nc(-c3ccccc3)n2)ccc1-n1c2ccccc2c2cc(C)ccc21. The molecule has 8 aromatic carbocycles. The molecule has 0 unspecified atom stereocenters. The summed E-state index contributed by atoms with van der Waals surface area (Å²) in [4.78, 5) is 10.4. The Morgan fingerprint density at radius 3 is 1.43 bits per heavy atom. The van der Waals surface area contributed by atoms with Crippen LogP contribution in [0.3, 0.4) is 0 Å². The quantitative estimate of drug-likeness (QED) is 0.170. The molecule has 0 bridgehead atoms. The molecule has 0 aliphatic carbocycles. The molecule has 4 heteroatoms. The van der Waals surface area contributed by atoms with Crippen molar-refractivity contribution < 1.29 is 0 Å². The number of aromatic nitrogens is 4. The zero-order chi connectivity index (χ0) is 38.7. The molecule has 274 valence electrons. The number of para-hydroxylation sites is 3. The lowest BCUT2D eigenvalue weighted by Gasteiger charge is -2.20. The Labute approximate surface area is 337 Å². The summed E-state index contributed by atoms with van der Waals surface area (Å²) in [5.41, 5.74) is 16.4. The van der Waals surface area contributed by atoms with Gasteiger partial charge in [-0.25, -0.2) is 9.97 Å². The zero-order valence-corrected chi connectivity index (χ0v) is 32.3. The van der Waals surface area contributed by atoms with E-state index in [2.05, 4.69) is 193 Å². The van der Waals surface area contributed by atoms with Crippen LogP contribution in [0.15, 0.2) is 194 Å². The van der Waals surface area contributed by atoms with Crippen molar-refractivity contribution >= 4 is 43.6 Å². The van der Waals surface area contributed by atoms with Crippen LogP contribution in [-0.2, 0) is 0 Å². The molecule has 0 spiro atoms. The third kappa shape index (κ3) is 5.53. The Hall–Kier alpha value is -7.56. The van der Waals surface area contributed by atoms with Crippen molar-refractivity contribution in [1.82, 2.24) is 19.1 Å². The fourth-order valence-corrected chi connectivity index (χ4v) is 8.76. The molecule has 3 heterocycles. The lowest BCUT2D eigenvalue weighted by molar-refractivity contribution is 1.15. The predicted octanol–water partition coefficient (Wildman–Crippen LogP) is 14.0. The second-order valence-electron chi connectivity index (χ2n) is 15.2. The highest BCUT2D eigenvalue weighted by molar-refractivity contribution is 6.11. The van der Waals surface area contributed by atoms with Crippen molar-refractivity contribution in [2.45, 2.75) is 13.8 Å². The first-order valence-electron chi connectivity index (χ1n) is 19.8. The third-order valence-electron chi connectivity index (χ3n) is 11.5. The molecule has 0 aliphatic rings. The van der Waals surface area contributed by atoms with Gasteiger partial charge in [-0.15, -0.1) is 0 Å². The van der Waals surface area contributed by atoms with Gasteiger partial charge in [-0.05, 0) is 74.5 Å². The highest BCUT2D eigenvalue weighted by atomic mass is 15.0. The van der Waals surface area contributed by atoms with Crippen molar-refractivity contribution in [3.8, 4) is 56.4 Å². The van der Waals surface area contributed by atoms with Gasteiger partial charge in [0.1, 0.15) is 0 Å². The van der Waals surface area contributed by atoms with E-state index in [1.54, 1.807) is 0 Å². The van der Waals surface area contributed by atoms with E-state index in [9.17, 15) is 0 Å². The fourth-order valence-electron chi connectivity index (χ4n) is 8.76. The first-order chi connectivity index (χ1) is 28.6. The van der Waals surface area contributed by atoms with E-state index in [4.69, 9.17) is 9.97 Å². The summed E-state index contributed by atoms with van der Waals surface area (Å²) in [6.07, 6.45) is 0. The molecule has 0 amide bonds. The lowest BCUT2D eigenvalue weighted by Crippen LogP contribution is -2.02. The summed E-state index contributed by atoms with van der Waals surface area (Å²) >= 11 is 0. The topological polar surface area (TPSA) is 35.6 Å². The van der Waals surface area contributed by atoms with Crippen LogP contribution >= 0.6 is 0 Å². The predicted molar refractivity (Wildman–Crippen MR) is 242 cm³/mol. The summed E-state index contributed by atoms with van der Waals surface area (Å²) in [6.45, 7) is 4.34. The van der Waals surface area contributed by atoms with E-state index in [0.717, 1.165) is 50.6 Å². The van der Waals surface area contributed by atoms with Crippen LogP contribution in [0, 0.1) is 13.8 Å². The molecule has 11 aromatic rings. The number of nitrogens with zero attached hydrogens (tertiary/aromatic N) is 4. The minimum absolute atomic E-state index is 0.696. The van der Waals surface area contributed by atoms with Gasteiger partial charge < -0.3 is 9.13 Å². The maximum absolute atomic E-state index is 5.28. The molecule has 0 aliphatic heterocycles. The molecular weight excluding hydrogens is 705 g/mol. The summed E-state index contributed by atoms with van der Waals surface area (Å²) in [5.74, 6) is 0.696. The van der Waals surface area contributed by atoms with Crippen LogP contribution in [0.5, 0.6) is 0 Å². The minimum atomic E-state index is 0.696. The van der Waals surface area contributed by atoms with Gasteiger partial charge in [0.15, 0.2) is 5.82 Å². The maximum atomic E-state index is 5.28. The zero-order valence-electron chi connectivity index (χ0n) is 32.3. The van der Waals surface area contributed by atoms with Crippen LogP contribution < -0.4 is 0 Å². The van der Waals surface area contributed by atoms with Crippen molar-refractivity contribution in [1.29, 1.82) is 0 Å². The van der Waals surface area contributed by atoms with Crippen LogP contribution in [0.2, 0.25) is 0 Å². The first kappa shape index (κ1) is 33.8. The molecule has 4 nitrogen and oxygen atoms in total. The van der Waals surface area contributed by atoms with E-state index in [1.807, 2.05) is 24.3 Å². The Kier molecular flexibility index (Phi) is 7.90. The Bertz CT molecular complexity index is 3300. The average molecular weight is 743 g/mol. The van der Waals surface area contributed by atoms with Crippen molar-refractivity contribution in [2.24, 2.45) is 0 Å². The number of rotatable bonds is 6. The third-order valence-corrected chi connectivity index (χ3v) is 11.5. The second-order valence-corrected chi connectivity index (χ2v) is 15.2. The number of aryl methyl sites for hydroxylation is 2. The number of benzene rings is 8. The van der Waals surface area contributed by atoms with Crippen LogP contribution in [0.1, 0.15) is 11.1 Å². The standard InChI is InChI=1S/C54H38N4/c1-35-25-28-51-43(31-35)40-19-9-12-22-48(40)57(51)50-24-14-11-21-42(50)45-33-39(27-30-53(45)58-49-23-13-10-20-41(49)44-32-36(2)26-29-52(44)58)47-34-46(37-15-5-3-6-16-37)55-54(56-47)38-17-7-4-8-18-38/h3-34H,1-2H3. The Morgan fingerprint density at radius 2 is 0.810 bits per heavy atom. The normalized spacial score (nSPS) is 11.6. The number of hydrogen-bond donors (Lipinski definition) is 0. The summed E-state index contributed by atoms with van der Waals surface area (Å²) in [5, 5.41) is 4.97. The largest absolute Gasteiger partial charge is 0.309 e. The van der Waals surface area contributed by atoms with E-state index in [-0.39, 0.29) is 0 Å². The van der Waals surface area contributed by atoms with Gasteiger partial charge in [0.05, 0.1) is 44.8 Å². The molecule has 0 N–H and O–H groups in total. The minimum Gasteiger partial charge on any atom is -0.309 e. The molecule has 0 radical (unpaired) electrons. The summed E-state index contributed by atoms with van der Waals surface area (Å²) in [6, 6.07) is 69.6. The highest BCUT2D eigenvalue weighted by Gasteiger charge is 2.22. The number of hydrogen-bond acceptors (Lipinski definition) is 2. The molecule has 58 heavy (non-hydrogen) atoms. The lowest BCUT2D eigenvalue weighted by atomic mass is 9.96. The van der Waals surface area contributed by atoms with Crippen LogP contribution in [-0.4, -0.2) is 19.1 Å². The van der Waals surface area contributed by atoms with E-state index in [0.29, 0.717) is 5.82 Å². The van der Waals surface area contributed by atoms with Gasteiger partial charge in [-0.3, -0.25) is 0 Å². The fraction of sp³-hybridized carbons (Fsp3) is 0.0370. The van der Waals surface area contributed by atoms with Gasteiger partial charge >= 0.3 is 0 Å². The van der Waals surface area contributed by atoms with Gasteiger partial charge in [0, 0.05) is 49.4 Å². The van der Waals surface area contributed by atoms with Gasteiger partial charge in [-0.2, -0.15) is 0 Å². The van der Waals surface area contributed by atoms with E-state index < -0.39 is 0 Å². The Balaban J connectivity index is 1.23. The van der Waals surface area contributed by atoms with Crippen LogP contribution in [0.25, 0.3) is 100 Å². The monoisotopic (exact) mass is 742 g/mol. The van der Waals surface area contributed by atoms with Gasteiger partial charge in [0.2, 0.25) is 0 Å². The highest BCUT2D eigenvalue weighted by Crippen LogP contribution is 2.42. The molecule has 0 saturated carbocycles. The van der Waals surface area contributed by atoms with Crippen molar-refractivity contribution in [3.63, 3.8) is 0 Å². The van der Waals surface area contributed by atoms with Gasteiger partial charge in [0.25, 0.3) is 0 Å². The molecule has 0 atom stereocenters. The number of fused-ring (bicyclic) bond motifs is 6. The smallest absolute Gasteiger partial charge is 0.160 e. The van der Waals surface area contributed by atoms with E-state index in [1.165, 1.54) is 54.7 Å². The van der Waals surface area contributed by atoms with Crippen LogP contribution in [0.4, 0.5) is 0 Å². The van der Waals surface area contributed by atoms with Crippen molar-refractivity contribution in [3.05, 3.63) is 205 Å². The maximum Gasteiger partial charge on any atom is 0.160 e. The Morgan fingerprint density at radius 1 is 0.328 bits per heavy atom. The average Bonchev–Trinajstić information content (AvgIpc) is 3.78. The van der Waals surface area contributed by atoms with Crippen molar-refractivity contribution in [2.75, 3.05) is 0 Å². The summed E-state index contributed by atoms with van der Waals surface area (Å²) < 4.78 is 4.89. The molecule has 0 saturated heterocycles. The first-order valence-corrected chi connectivity index (χ1v) is 19.8.